The van der Waals surface area contributed by atoms with Gasteiger partial charge in [-0.15, -0.1) is 0 Å². The predicted molar refractivity (Wildman–Crippen MR) is 176 cm³/mol. The summed E-state index contributed by atoms with van der Waals surface area (Å²) < 4.78 is 4.52. The van der Waals surface area contributed by atoms with Gasteiger partial charge in [0, 0.05) is 51.9 Å². The van der Waals surface area contributed by atoms with Crippen molar-refractivity contribution in [3.8, 4) is 0 Å². The number of rotatable bonds is 31. The molecule has 1 atom stereocenters. The van der Waals surface area contributed by atoms with E-state index in [0.29, 0.717) is 64.8 Å². The number of unbranched alkanes of at least 4 members (excludes halogenated alkanes) is 9. The van der Waals surface area contributed by atoms with E-state index in [1.165, 1.54) is 39.9 Å². The summed E-state index contributed by atoms with van der Waals surface area (Å²) in [6, 6.07) is -0.766. The number of esters is 1. The van der Waals surface area contributed by atoms with Gasteiger partial charge >= 0.3 is 11.9 Å². The van der Waals surface area contributed by atoms with Crippen LogP contribution in [0, 0.1) is 0 Å². The van der Waals surface area contributed by atoms with Gasteiger partial charge in [0.15, 0.2) is 0 Å². The van der Waals surface area contributed by atoms with Crippen molar-refractivity contribution in [3.63, 3.8) is 0 Å². The maximum Gasteiger partial charge on any atom is 0.342 e. The van der Waals surface area contributed by atoms with Gasteiger partial charge in [-0.1, -0.05) is 51.4 Å². The van der Waals surface area contributed by atoms with E-state index in [0.717, 1.165) is 38.5 Å². The lowest BCUT2D eigenvalue weighted by Gasteiger charge is -2.13. The maximum absolute atomic E-state index is 12.1. The van der Waals surface area contributed by atoms with Gasteiger partial charge in [0.1, 0.15) is 0 Å². The van der Waals surface area contributed by atoms with Gasteiger partial charge in [-0.05, 0) is 38.6 Å². The molecule has 0 spiro atoms. The third kappa shape index (κ3) is 29.8. The molecule has 0 aromatic heterocycles. The zero-order valence-corrected chi connectivity index (χ0v) is 28.6. The molecule has 272 valence electrons. The maximum atomic E-state index is 12.1. The number of carbonyl (C=O) groups is 6. The normalized spacial score (nSPS) is 11.3. The Bertz CT molecular complexity index is 891. The average molecular weight is 673 g/mol. The molecule has 0 radical (unpaired) electrons. The van der Waals surface area contributed by atoms with E-state index in [4.69, 9.17) is 5.73 Å². The Morgan fingerprint density at radius 2 is 1.04 bits per heavy atom. The average Bonchev–Trinajstić information content (AvgIpc) is 3.05. The minimum atomic E-state index is -0.766. The predicted octanol–water partition coefficient (Wildman–Crippen LogP) is 1.28. The fraction of sp³-hybridized carbons (Fsp3) is 0.812. The molecule has 0 aromatic rings. The first-order chi connectivity index (χ1) is 22.7. The molecule has 0 saturated carbocycles. The zero-order valence-electron chi connectivity index (χ0n) is 28.6. The first-order valence-corrected chi connectivity index (χ1v) is 17.0. The first-order valence-electron chi connectivity index (χ1n) is 17.0. The monoisotopic (exact) mass is 672 g/mol. The molecule has 0 rings (SSSR count). The first kappa shape index (κ1) is 43.7. The Morgan fingerprint density at radius 1 is 0.532 bits per heavy atom. The Labute approximate surface area is 279 Å². The van der Waals surface area contributed by atoms with Crippen LogP contribution in [0.15, 0.2) is 0 Å². The van der Waals surface area contributed by atoms with Crippen molar-refractivity contribution in [1.29, 1.82) is 0 Å². The number of hydrogen-bond acceptors (Lipinski definition) is 11. The van der Waals surface area contributed by atoms with Crippen LogP contribution in [0.5, 0.6) is 0 Å². The highest BCUT2D eigenvalue weighted by Gasteiger charge is 2.14. The van der Waals surface area contributed by atoms with Crippen molar-refractivity contribution in [2.75, 3.05) is 53.5 Å². The van der Waals surface area contributed by atoms with Gasteiger partial charge < -0.3 is 37.1 Å². The number of nitrogens with two attached hydrogens (primary N) is 1. The molecule has 0 unspecified atom stereocenters. The quantitative estimate of drug-likeness (QED) is 0.0267. The fourth-order valence-electron chi connectivity index (χ4n) is 4.48. The Hall–Kier alpha value is -3.30. The highest BCUT2D eigenvalue weighted by atomic mass is 17.2. The molecule has 4 amide bonds. The third-order valence-electron chi connectivity index (χ3n) is 7.24. The van der Waals surface area contributed by atoms with E-state index in [1.54, 1.807) is 0 Å². The van der Waals surface area contributed by atoms with Gasteiger partial charge in [-0.25, -0.2) is 4.79 Å². The number of methoxy groups -OCH3 is 1. The summed E-state index contributed by atoms with van der Waals surface area (Å²) >= 11 is 0. The van der Waals surface area contributed by atoms with Crippen LogP contribution in [-0.2, 0) is 43.3 Å². The van der Waals surface area contributed by atoms with Crippen LogP contribution in [0.4, 0.5) is 0 Å². The molecule has 0 heterocycles. The Balaban J connectivity index is 3.57. The van der Waals surface area contributed by atoms with E-state index in [-0.39, 0.29) is 49.0 Å². The molecular weight excluding hydrogens is 612 g/mol. The molecule has 7 N–H and O–H groups in total. The van der Waals surface area contributed by atoms with E-state index < -0.39 is 11.9 Å². The summed E-state index contributed by atoms with van der Waals surface area (Å²) in [5.74, 6) is -1.58. The second-order valence-corrected chi connectivity index (χ2v) is 11.4. The molecule has 15 nitrogen and oxygen atoms in total. The van der Waals surface area contributed by atoms with Crippen LogP contribution in [0.2, 0.25) is 0 Å². The topological polar surface area (TPSA) is 216 Å². The summed E-state index contributed by atoms with van der Waals surface area (Å²) in [5, 5.41) is 13.9. The molecule has 0 aliphatic heterocycles. The summed E-state index contributed by atoms with van der Waals surface area (Å²) in [5.41, 5.74) is 5.91. The zero-order chi connectivity index (χ0) is 35.0. The summed E-state index contributed by atoms with van der Waals surface area (Å²) in [7, 11) is 2.63. The minimum Gasteiger partial charge on any atom is -0.469 e. The molecule has 47 heavy (non-hydrogen) atoms. The molecule has 0 aromatic carbocycles. The van der Waals surface area contributed by atoms with E-state index in [1.807, 2.05) is 0 Å². The Kier molecular flexibility index (Phi) is 29.1. The smallest absolute Gasteiger partial charge is 0.342 e. The number of hydrogen-bond donors (Lipinski definition) is 6. The Morgan fingerprint density at radius 3 is 1.64 bits per heavy atom. The highest BCUT2D eigenvalue weighted by molar-refractivity contribution is 5.87. The second-order valence-electron chi connectivity index (χ2n) is 11.4. The SMILES string of the molecule is COOC(=O)CCCCCCCCCCCCC(=O)NCCNCC[C@H](N)C(=O)NCC(=O)NCCCNC(=O)CCCC(=O)OC. The second kappa shape index (κ2) is 31.3. The van der Waals surface area contributed by atoms with Crippen LogP contribution in [0.1, 0.15) is 109 Å². The number of amides is 4. The third-order valence-corrected chi connectivity index (χ3v) is 7.24. The van der Waals surface area contributed by atoms with Crippen LogP contribution in [-0.4, -0.2) is 95.1 Å². The van der Waals surface area contributed by atoms with Gasteiger partial charge in [0.25, 0.3) is 0 Å². The van der Waals surface area contributed by atoms with Gasteiger partial charge in [0.2, 0.25) is 23.6 Å². The lowest BCUT2D eigenvalue weighted by molar-refractivity contribution is -0.255. The van der Waals surface area contributed by atoms with Crippen LogP contribution in [0.3, 0.4) is 0 Å². The number of nitrogens with one attached hydrogen (secondary N) is 5. The molecule has 15 heteroatoms. The van der Waals surface area contributed by atoms with Crippen molar-refractivity contribution in [2.45, 2.75) is 115 Å². The van der Waals surface area contributed by atoms with Gasteiger partial charge in [-0.3, -0.25) is 28.9 Å². The summed E-state index contributed by atoms with van der Waals surface area (Å²) in [6.07, 6.45) is 13.4. The van der Waals surface area contributed by atoms with Crippen molar-refractivity contribution in [3.05, 3.63) is 0 Å². The molecule has 0 bridgehead atoms. The van der Waals surface area contributed by atoms with Crippen molar-refractivity contribution in [1.82, 2.24) is 26.6 Å². The fourth-order valence-corrected chi connectivity index (χ4v) is 4.48. The van der Waals surface area contributed by atoms with E-state index in [9.17, 15) is 28.8 Å². The summed E-state index contributed by atoms with van der Waals surface area (Å²) in [6.45, 7) is 2.08. The number of ether oxygens (including phenoxy) is 1. The van der Waals surface area contributed by atoms with E-state index >= 15 is 0 Å². The van der Waals surface area contributed by atoms with Crippen molar-refractivity contribution >= 4 is 35.6 Å². The van der Waals surface area contributed by atoms with E-state index in [2.05, 4.69) is 41.1 Å². The standard InChI is InChI=1S/C32H60N6O9/c1-45-30(42)18-13-16-28(40)35-20-14-21-36-29(41)25-38-32(44)26(33)19-22-34-23-24-37-27(39)15-11-9-7-5-3-4-6-8-10-12-17-31(43)47-46-2/h26,34H,3-25,33H2,1-2H3,(H,35,40)(H,36,41)(H,37,39)(H,38,44)/t26-/m0/s1. The highest BCUT2D eigenvalue weighted by Crippen LogP contribution is 2.12. The molecule has 0 fully saturated rings. The van der Waals surface area contributed by atoms with Crippen LogP contribution < -0.4 is 32.3 Å². The summed E-state index contributed by atoms with van der Waals surface area (Å²) in [4.78, 5) is 78.7. The molecule has 0 aliphatic rings. The van der Waals surface area contributed by atoms with Crippen LogP contribution >= 0.6 is 0 Å². The number of carbonyl (C=O) groups excluding carboxylic acids is 6. The van der Waals surface area contributed by atoms with Crippen molar-refractivity contribution in [2.24, 2.45) is 5.73 Å². The van der Waals surface area contributed by atoms with Crippen molar-refractivity contribution < 1.29 is 43.3 Å². The lowest BCUT2D eigenvalue weighted by Crippen LogP contribution is -2.46. The lowest BCUT2D eigenvalue weighted by atomic mass is 10.1. The van der Waals surface area contributed by atoms with Gasteiger partial charge in [0.05, 0.1) is 26.8 Å². The molecule has 0 aliphatic carbocycles. The van der Waals surface area contributed by atoms with Gasteiger partial charge in [-0.2, -0.15) is 4.89 Å². The van der Waals surface area contributed by atoms with Crippen LogP contribution in [0.25, 0.3) is 0 Å². The molecular formula is C32H60N6O9. The minimum absolute atomic E-state index is 0.0350. The largest absolute Gasteiger partial charge is 0.469 e. The molecule has 0 saturated heterocycles.